The molecule has 1 amide bonds. The summed E-state index contributed by atoms with van der Waals surface area (Å²) >= 11 is 0. The third-order valence-electron chi connectivity index (χ3n) is 2.14. The molecule has 100 valence electrons. The van der Waals surface area contributed by atoms with Gasteiger partial charge in [0.1, 0.15) is 5.60 Å². The zero-order chi connectivity index (χ0) is 13.6. The van der Waals surface area contributed by atoms with E-state index in [4.69, 9.17) is 4.74 Å². The van der Waals surface area contributed by atoms with Crippen molar-refractivity contribution in [3.8, 4) is 0 Å². The highest BCUT2D eigenvalue weighted by molar-refractivity contribution is 5.67. The first kappa shape index (κ1) is 14.4. The van der Waals surface area contributed by atoms with Gasteiger partial charge < -0.3 is 15.4 Å². The molecule has 4 heteroatoms. The number of amides is 1. The fraction of sp³-hybridized carbons (Fsp3) is 0.500. The van der Waals surface area contributed by atoms with Gasteiger partial charge in [0.05, 0.1) is 0 Å². The summed E-state index contributed by atoms with van der Waals surface area (Å²) < 4.78 is 5.17. The van der Waals surface area contributed by atoms with Crippen LogP contribution in [0.25, 0.3) is 0 Å². The lowest BCUT2D eigenvalue weighted by atomic mass is 10.2. The number of carbonyl (C=O) groups excluding carboxylic acids is 1. The lowest BCUT2D eigenvalue weighted by molar-refractivity contribution is 0.0523. The molecule has 18 heavy (non-hydrogen) atoms. The fourth-order valence-electron chi connectivity index (χ4n) is 1.48. The molecule has 0 atom stereocenters. The van der Waals surface area contributed by atoms with Crippen molar-refractivity contribution >= 4 is 11.8 Å². The Balaban J connectivity index is 2.48. The van der Waals surface area contributed by atoms with E-state index in [1.807, 2.05) is 52.0 Å². The minimum atomic E-state index is -0.463. The van der Waals surface area contributed by atoms with E-state index in [0.717, 1.165) is 17.8 Å². The molecule has 0 bridgehead atoms. The van der Waals surface area contributed by atoms with Crippen LogP contribution in [0, 0.1) is 0 Å². The Morgan fingerprint density at radius 3 is 2.67 bits per heavy atom. The van der Waals surface area contributed by atoms with E-state index >= 15 is 0 Å². The third-order valence-corrected chi connectivity index (χ3v) is 2.14. The molecule has 0 radical (unpaired) electrons. The van der Waals surface area contributed by atoms with Gasteiger partial charge in [-0.3, -0.25) is 0 Å². The Morgan fingerprint density at radius 1 is 1.33 bits per heavy atom. The summed E-state index contributed by atoms with van der Waals surface area (Å²) in [4.78, 5) is 11.5. The van der Waals surface area contributed by atoms with E-state index in [0.29, 0.717) is 6.54 Å². The largest absolute Gasteiger partial charge is 0.444 e. The van der Waals surface area contributed by atoms with Crippen LogP contribution in [0.15, 0.2) is 24.3 Å². The number of anilines is 1. The SMILES string of the molecule is CCNc1cccc(CNC(=O)OC(C)(C)C)c1. The molecule has 0 aliphatic rings. The Bertz CT molecular complexity index is 397. The number of hydrogen-bond acceptors (Lipinski definition) is 3. The predicted molar refractivity (Wildman–Crippen MR) is 73.7 cm³/mol. The summed E-state index contributed by atoms with van der Waals surface area (Å²) in [5.41, 5.74) is 1.63. The highest BCUT2D eigenvalue weighted by atomic mass is 16.6. The lowest BCUT2D eigenvalue weighted by Crippen LogP contribution is -2.32. The van der Waals surface area contributed by atoms with Crippen LogP contribution >= 0.6 is 0 Å². The van der Waals surface area contributed by atoms with Crippen LogP contribution in [0.3, 0.4) is 0 Å². The molecule has 0 aliphatic carbocycles. The smallest absolute Gasteiger partial charge is 0.407 e. The van der Waals surface area contributed by atoms with Gasteiger partial charge in [-0.2, -0.15) is 0 Å². The van der Waals surface area contributed by atoms with E-state index in [2.05, 4.69) is 10.6 Å². The second-order valence-corrected chi connectivity index (χ2v) is 5.09. The van der Waals surface area contributed by atoms with Gasteiger partial charge in [0.25, 0.3) is 0 Å². The second kappa shape index (κ2) is 6.28. The maximum atomic E-state index is 11.5. The number of nitrogens with one attached hydrogen (secondary N) is 2. The molecule has 1 rings (SSSR count). The average Bonchev–Trinajstić information content (AvgIpc) is 2.25. The van der Waals surface area contributed by atoms with Crippen LogP contribution in [0.2, 0.25) is 0 Å². The molecular formula is C14H22N2O2. The molecule has 0 saturated heterocycles. The maximum Gasteiger partial charge on any atom is 0.407 e. The van der Waals surface area contributed by atoms with Crippen LogP contribution in [0.4, 0.5) is 10.5 Å². The van der Waals surface area contributed by atoms with E-state index in [9.17, 15) is 4.79 Å². The molecular weight excluding hydrogens is 228 g/mol. The monoisotopic (exact) mass is 250 g/mol. The van der Waals surface area contributed by atoms with E-state index < -0.39 is 11.7 Å². The lowest BCUT2D eigenvalue weighted by Gasteiger charge is -2.19. The van der Waals surface area contributed by atoms with Gasteiger partial charge in [0.15, 0.2) is 0 Å². The molecule has 4 nitrogen and oxygen atoms in total. The number of ether oxygens (including phenoxy) is 1. The summed E-state index contributed by atoms with van der Waals surface area (Å²) in [6.45, 7) is 8.93. The number of carbonyl (C=O) groups is 1. The van der Waals surface area contributed by atoms with E-state index in [1.54, 1.807) is 0 Å². The van der Waals surface area contributed by atoms with Crippen molar-refractivity contribution in [2.24, 2.45) is 0 Å². The van der Waals surface area contributed by atoms with Gasteiger partial charge >= 0.3 is 6.09 Å². The van der Waals surface area contributed by atoms with Crippen LogP contribution in [-0.2, 0) is 11.3 Å². The summed E-state index contributed by atoms with van der Waals surface area (Å²) in [5, 5.41) is 5.97. The first-order chi connectivity index (χ1) is 8.40. The summed E-state index contributed by atoms with van der Waals surface area (Å²) in [6, 6.07) is 7.95. The maximum absolute atomic E-state index is 11.5. The van der Waals surface area contributed by atoms with Crippen LogP contribution in [0.1, 0.15) is 33.3 Å². The molecule has 0 heterocycles. The molecule has 0 saturated carbocycles. The third kappa shape index (κ3) is 5.57. The zero-order valence-electron chi connectivity index (χ0n) is 11.5. The first-order valence-electron chi connectivity index (χ1n) is 6.20. The predicted octanol–water partition coefficient (Wildman–Crippen LogP) is 3.14. The van der Waals surface area contributed by atoms with E-state index in [1.165, 1.54) is 0 Å². The summed E-state index contributed by atoms with van der Waals surface area (Å²) in [7, 11) is 0. The van der Waals surface area contributed by atoms with Crippen molar-refractivity contribution in [2.45, 2.75) is 39.8 Å². The minimum absolute atomic E-state index is 0.392. The van der Waals surface area contributed by atoms with Crippen LogP contribution in [-0.4, -0.2) is 18.2 Å². The number of rotatable bonds is 4. The highest BCUT2D eigenvalue weighted by Gasteiger charge is 2.15. The standard InChI is InChI=1S/C14H22N2O2/c1-5-15-12-8-6-7-11(9-12)10-16-13(17)18-14(2,3)4/h6-9,15H,5,10H2,1-4H3,(H,16,17). The van der Waals surface area contributed by atoms with Gasteiger partial charge in [0, 0.05) is 18.8 Å². The van der Waals surface area contributed by atoms with Crippen molar-refractivity contribution in [3.05, 3.63) is 29.8 Å². The number of benzene rings is 1. The number of hydrogen-bond donors (Lipinski definition) is 2. The van der Waals surface area contributed by atoms with Crippen molar-refractivity contribution < 1.29 is 9.53 Å². The Labute approximate surface area is 109 Å². The number of alkyl carbamates (subject to hydrolysis) is 1. The van der Waals surface area contributed by atoms with Crippen molar-refractivity contribution in [1.82, 2.24) is 5.32 Å². The molecule has 0 fully saturated rings. The molecule has 0 aliphatic heterocycles. The molecule has 1 aromatic rings. The second-order valence-electron chi connectivity index (χ2n) is 5.09. The molecule has 0 aromatic heterocycles. The summed E-state index contributed by atoms with van der Waals surface area (Å²) in [6.07, 6.45) is -0.392. The van der Waals surface area contributed by atoms with Crippen molar-refractivity contribution in [1.29, 1.82) is 0 Å². The van der Waals surface area contributed by atoms with Crippen LogP contribution in [0.5, 0.6) is 0 Å². The Hall–Kier alpha value is -1.71. The normalized spacial score (nSPS) is 10.9. The quantitative estimate of drug-likeness (QED) is 0.863. The average molecular weight is 250 g/mol. The summed E-state index contributed by atoms with van der Waals surface area (Å²) in [5.74, 6) is 0. The fourth-order valence-corrected chi connectivity index (χ4v) is 1.48. The minimum Gasteiger partial charge on any atom is -0.444 e. The van der Waals surface area contributed by atoms with Crippen molar-refractivity contribution in [2.75, 3.05) is 11.9 Å². The van der Waals surface area contributed by atoms with Gasteiger partial charge in [0.2, 0.25) is 0 Å². The Morgan fingerprint density at radius 2 is 2.06 bits per heavy atom. The molecule has 1 aromatic carbocycles. The van der Waals surface area contributed by atoms with Crippen molar-refractivity contribution in [3.63, 3.8) is 0 Å². The van der Waals surface area contributed by atoms with Crippen LogP contribution < -0.4 is 10.6 Å². The molecule has 0 spiro atoms. The van der Waals surface area contributed by atoms with Gasteiger partial charge in [-0.15, -0.1) is 0 Å². The molecule has 2 N–H and O–H groups in total. The van der Waals surface area contributed by atoms with E-state index in [-0.39, 0.29) is 0 Å². The van der Waals surface area contributed by atoms with Gasteiger partial charge in [-0.25, -0.2) is 4.79 Å². The Kier molecular flexibility index (Phi) is 5.01. The zero-order valence-corrected chi connectivity index (χ0v) is 11.5. The molecule has 0 unspecified atom stereocenters. The topological polar surface area (TPSA) is 50.4 Å². The van der Waals surface area contributed by atoms with Gasteiger partial charge in [-0.05, 0) is 45.4 Å². The highest BCUT2D eigenvalue weighted by Crippen LogP contribution is 2.11. The van der Waals surface area contributed by atoms with Gasteiger partial charge in [-0.1, -0.05) is 12.1 Å². The first-order valence-corrected chi connectivity index (χ1v) is 6.20.